The number of nitrogens with two attached hydrogens (primary N) is 1. The van der Waals surface area contributed by atoms with Gasteiger partial charge in [-0.25, -0.2) is 10.5 Å². The van der Waals surface area contributed by atoms with E-state index in [-0.39, 0.29) is 6.10 Å². The molecule has 0 aliphatic carbocycles. The molecule has 1 aromatic heterocycles. The molecule has 1 unspecified atom stereocenters. The highest BCUT2D eigenvalue weighted by molar-refractivity contribution is 5.49. The van der Waals surface area contributed by atoms with Gasteiger partial charge in [0, 0.05) is 32.0 Å². The third-order valence-corrected chi connectivity index (χ3v) is 3.03. The van der Waals surface area contributed by atoms with E-state index < -0.39 is 0 Å². The van der Waals surface area contributed by atoms with Crippen LogP contribution in [0.25, 0.3) is 0 Å². The van der Waals surface area contributed by atoms with Crippen molar-refractivity contribution in [1.82, 2.24) is 10.5 Å². The highest BCUT2D eigenvalue weighted by atomic mass is 16.7. The first-order valence-corrected chi connectivity index (χ1v) is 6.50. The summed E-state index contributed by atoms with van der Waals surface area (Å²) in [5.74, 6) is 0.825. The molecule has 1 atom stereocenters. The molecule has 0 spiro atoms. The zero-order chi connectivity index (χ0) is 14.4. The average Bonchev–Trinajstić information content (AvgIpc) is 2.47. The summed E-state index contributed by atoms with van der Waals surface area (Å²) in [6, 6.07) is 13.7. The van der Waals surface area contributed by atoms with Gasteiger partial charge in [0.05, 0.1) is 6.54 Å². The Morgan fingerprint density at radius 3 is 2.70 bits per heavy atom. The van der Waals surface area contributed by atoms with E-state index in [0.29, 0.717) is 12.2 Å². The summed E-state index contributed by atoms with van der Waals surface area (Å²) in [6.45, 7) is 0.668. The lowest BCUT2D eigenvalue weighted by Gasteiger charge is -2.25. The van der Waals surface area contributed by atoms with Gasteiger partial charge < -0.3 is 10.6 Å². The molecule has 0 bridgehead atoms. The first-order valence-electron chi connectivity index (χ1n) is 6.50. The first kappa shape index (κ1) is 14.3. The second-order valence-electron chi connectivity index (χ2n) is 4.55. The van der Waals surface area contributed by atoms with E-state index >= 15 is 0 Å². The van der Waals surface area contributed by atoms with Gasteiger partial charge in [-0.2, -0.15) is 0 Å². The normalized spacial score (nSPS) is 12.1. The maximum atomic E-state index is 5.79. The maximum Gasteiger partial charge on any atom is 0.130 e. The summed E-state index contributed by atoms with van der Waals surface area (Å²) in [5, 5.41) is 0. The van der Waals surface area contributed by atoms with Crippen LogP contribution in [0, 0.1) is 0 Å². The highest BCUT2D eigenvalue weighted by Crippen LogP contribution is 2.20. The summed E-state index contributed by atoms with van der Waals surface area (Å²) in [4.78, 5) is 11.9. The third-order valence-electron chi connectivity index (χ3n) is 3.03. The van der Waals surface area contributed by atoms with Gasteiger partial charge in [-0.1, -0.05) is 30.3 Å². The quantitative estimate of drug-likeness (QED) is 0.787. The number of aromatic nitrogens is 1. The summed E-state index contributed by atoms with van der Waals surface area (Å²) < 4.78 is 0. The molecule has 0 radical (unpaired) electrons. The molecule has 0 aliphatic rings. The number of hydrogen-bond acceptors (Lipinski definition) is 5. The fourth-order valence-corrected chi connectivity index (χ4v) is 2.01. The molecule has 3 N–H and O–H groups in total. The minimum Gasteiger partial charge on any atom is -0.399 e. The van der Waals surface area contributed by atoms with Gasteiger partial charge in [0.2, 0.25) is 0 Å². The van der Waals surface area contributed by atoms with Gasteiger partial charge in [0.15, 0.2) is 0 Å². The van der Waals surface area contributed by atoms with E-state index in [2.05, 4.69) is 10.5 Å². The Bertz CT molecular complexity index is 532. The lowest BCUT2D eigenvalue weighted by molar-refractivity contribution is -0.00870. The van der Waals surface area contributed by atoms with Crippen molar-refractivity contribution in [3.05, 3.63) is 54.2 Å². The molecule has 0 saturated carbocycles. The van der Waals surface area contributed by atoms with Crippen LogP contribution in [0.4, 0.5) is 11.5 Å². The molecular formula is C15H20N4O. The molecule has 5 nitrogen and oxygen atoms in total. The molecule has 0 saturated heterocycles. The number of nitrogens with one attached hydrogen (secondary N) is 1. The number of nitrogen functional groups attached to an aromatic ring is 1. The van der Waals surface area contributed by atoms with Gasteiger partial charge >= 0.3 is 0 Å². The van der Waals surface area contributed by atoms with E-state index in [1.54, 1.807) is 19.3 Å². The number of nitrogens with zero attached hydrogens (tertiary/aromatic N) is 2. The summed E-state index contributed by atoms with van der Waals surface area (Å²) >= 11 is 0. The third kappa shape index (κ3) is 3.69. The van der Waals surface area contributed by atoms with Crippen LogP contribution in [-0.4, -0.2) is 25.6 Å². The zero-order valence-electron chi connectivity index (χ0n) is 11.8. The zero-order valence-corrected chi connectivity index (χ0v) is 11.8. The van der Waals surface area contributed by atoms with E-state index in [4.69, 9.17) is 10.6 Å². The molecule has 0 aliphatic heterocycles. The number of hydrogen-bond donors (Lipinski definition) is 2. The molecule has 5 heteroatoms. The number of likely N-dealkylation sites (N-methyl/N-ethyl adjacent to an activating group) is 1. The molecule has 0 amide bonds. The van der Waals surface area contributed by atoms with Crippen LogP contribution in [0.3, 0.4) is 0 Å². The van der Waals surface area contributed by atoms with Crippen LogP contribution >= 0.6 is 0 Å². The van der Waals surface area contributed by atoms with Crippen LogP contribution in [0.15, 0.2) is 48.7 Å². The fraction of sp³-hybridized carbons (Fsp3) is 0.267. The van der Waals surface area contributed by atoms with Crippen molar-refractivity contribution in [1.29, 1.82) is 0 Å². The van der Waals surface area contributed by atoms with Crippen LogP contribution in [0.2, 0.25) is 0 Å². The average molecular weight is 272 g/mol. The Balaban J connectivity index is 2.12. The predicted octanol–water partition coefficient (Wildman–Crippen LogP) is 1.99. The smallest absolute Gasteiger partial charge is 0.130 e. The molecule has 0 fully saturated rings. The second-order valence-corrected chi connectivity index (χ2v) is 4.55. The van der Waals surface area contributed by atoms with Crippen molar-refractivity contribution in [3.8, 4) is 0 Å². The molecule has 2 rings (SSSR count). The van der Waals surface area contributed by atoms with Crippen molar-refractivity contribution in [3.63, 3.8) is 0 Å². The molecule has 20 heavy (non-hydrogen) atoms. The standard InChI is InChI=1S/C15H20N4O/c1-17-20-14(12-6-4-3-5-7-12)11-19(2)15-10-13(16)8-9-18-15/h3-10,14,17H,11H2,1-2H3,(H2,16,18). The highest BCUT2D eigenvalue weighted by Gasteiger charge is 2.15. The van der Waals surface area contributed by atoms with E-state index in [9.17, 15) is 0 Å². The van der Waals surface area contributed by atoms with E-state index in [1.165, 1.54) is 0 Å². The Morgan fingerprint density at radius 1 is 1.30 bits per heavy atom. The summed E-state index contributed by atoms with van der Waals surface area (Å²) in [5.41, 5.74) is 10.4. The molecule has 1 aromatic carbocycles. The van der Waals surface area contributed by atoms with Gasteiger partial charge in [0.25, 0.3) is 0 Å². The van der Waals surface area contributed by atoms with Gasteiger partial charge in [-0.15, -0.1) is 0 Å². The Labute approximate surface area is 119 Å². The van der Waals surface area contributed by atoms with Crippen LogP contribution in [0.5, 0.6) is 0 Å². The van der Waals surface area contributed by atoms with Crippen LogP contribution in [0.1, 0.15) is 11.7 Å². The molecule has 2 aromatic rings. The first-order chi connectivity index (χ1) is 9.70. The molecular weight excluding hydrogens is 252 g/mol. The maximum absolute atomic E-state index is 5.79. The largest absolute Gasteiger partial charge is 0.399 e. The van der Waals surface area contributed by atoms with Crippen molar-refractivity contribution in [2.24, 2.45) is 0 Å². The SMILES string of the molecule is CNOC(CN(C)c1cc(N)ccn1)c1ccccc1. The predicted molar refractivity (Wildman–Crippen MR) is 81.2 cm³/mol. The van der Waals surface area contributed by atoms with Gasteiger partial charge in [0.1, 0.15) is 11.9 Å². The number of anilines is 2. The van der Waals surface area contributed by atoms with E-state index in [1.807, 2.05) is 48.3 Å². The molecule has 1 heterocycles. The number of rotatable bonds is 6. The Hall–Kier alpha value is -2.11. The van der Waals surface area contributed by atoms with Crippen molar-refractivity contribution in [2.75, 3.05) is 31.3 Å². The van der Waals surface area contributed by atoms with E-state index in [0.717, 1.165) is 11.4 Å². The summed E-state index contributed by atoms with van der Waals surface area (Å²) in [7, 11) is 3.73. The Kier molecular flexibility index (Phi) is 4.92. The summed E-state index contributed by atoms with van der Waals surface area (Å²) in [6.07, 6.45) is 1.62. The topological polar surface area (TPSA) is 63.4 Å². The number of hydroxylamine groups is 1. The van der Waals surface area contributed by atoms with Gasteiger partial charge in [-0.3, -0.25) is 4.84 Å². The van der Waals surface area contributed by atoms with Crippen LogP contribution < -0.4 is 16.1 Å². The number of benzene rings is 1. The lowest BCUT2D eigenvalue weighted by atomic mass is 10.1. The molecule has 106 valence electrons. The fourth-order valence-electron chi connectivity index (χ4n) is 2.01. The second kappa shape index (κ2) is 6.88. The lowest BCUT2D eigenvalue weighted by Crippen LogP contribution is -2.29. The minimum absolute atomic E-state index is 0.0885. The van der Waals surface area contributed by atoms with Crippen molar-refractivity contribution in [2.45, 2.75) is 6.10 Å². The van der Waals surface area contributed by atoms with Gasteiger partial charge in [-0.05, 0) is 11.6 Å². The minimum atomic E-state index is -0.0885. The monoisotopic (exact) mass is 272 g/mol. The van der Waals surface area contributed by atoms with Crippen molar-refractivity contribution < 1.29 is 4.84 Å². The van der Waals surface area contributed by atoms with Crippen molar-refractivity contribution >= 4 is 11.5 Å². The van der Waals surface area contributed by atoms with Crippen LogP contribution in [-0.2, 0) is 4.84 Å². The Morgan fingerprint density at radius 2 is 2.05 bits per heavy atom. The number of pyridine rings is 1.